The topological polar surface area (TPSA) is 87.7 Å². The average molecular weight is 280 g/mol. The van der Waals surface area contributed by atoms with Crippen molar-refractivity contribution in [3.63, 3.8) is 0 Å². The number of aromatic amines is 1. The van der Waals surface area contributed by atoms with E-state index in [1.54, 1.807) is 0 Å². The Kier molecular flexibility index (Phi) is 2.95. The van der Waals surface area contributed by atoms with Crippen molar-refractivity contribution in [2.45, 2.75) is 26.7 Å². The van der Waals surface area contributed by atoms with Crippen LogP contribution in [0.4, 0.5) is 0 Å². The van der Waals surface area contributed by atoms with Crippen LogP contribution in [0.15, 0.2) is 29.7 Å². The van der Waals surface area contributed by atoms with Crippen molar-refractivity contribution < 1.29 is 4.74 Å². The summed E-state index contributed by atoms with van der Waals surface area (Å²) in [5.41, 5.74) is 11.5. The van der Waals surface area contributed by atoms with Crippen LogP contribution in [0, 0.1) is 32.1 Å². The second kappa shape index (κ2) is 4.67. The van der Waals surface area contributed by atoms with Crippen LogP contribution in [-0.4, -0.2) is 10.2 Å². The molecular weight excluding hydrogens is 264 g/mol. The third kappa shape index (κ3) is 1.96. The number of fused-ring (bicyclic) bond motifs is 1. The molecule has 0 saturated heterocycles. The maximum Gasteiger partial charge on any atom is 0.244 e. The lowest BCUT2D eigenvalue weighted by atomic mass is 9.82. The number of ether oxygens (including phenoxy) is 1. The van der Waals surface area contributed by atoms with E-state index in [1.165, 1.54) is 5.56 Å². The number of rotatable bonds is 1. The van der Waals surface area contributed by atoms with Crippen LogP contribution in [0.2, 0.25) is 0 Å². The Bertz CT molecular complexity index is 795. The molecule has 0 amide bonds. The van der Waals surface area contributed by atoms with Crippen molar-refractivity contribution in [1.29, 1.82) is 5.26 Å². The Labute approximate surface area is 123 Å². The van der Waals surface area contributed by atoms with Gasteiger partial charge in [0.2, 0.25) is 11.8 Å². The molecule has 1 aliphatic heterocycles. The number of hydrogen-bond donors (Lipinski definition) is 2. The molecule has 21 heavy (non-hydrogen) atoms. The second-order valence-corrected chi connectivity index (χ2v) is 5.35. The molecule has 0 bridgehead atoms. The van der Waals surface area contributed by atoms with E-state index in [9.17, 15) is 5.26 Å². The number of nitrogens with two attached hydrogens (primary N) is 1. The van der Waals surface area contributed by atoms with Crippen LogP contribution in [0.3, 0.4) is 0 Å². The number of nitrogens with one attached hydrogen (secondary N) is 1. The van der Waals surface area contributed by atoms with Gasteiger partial charge in [-0.15, -0.1) is 5.10 Å². The molecule has 0 saturated carbocycles. The number of allylic oxidation sites excluding steroid dienone is 1. The first-order chi connectivity index (χ1) is 10.0. The highest BCUT2D eigenvalue weighted by molar-refractivity contribution is 5.56. The number of H-pyrrole nitrogens is 1. The first-order valence-electron chi connectivity index (χ1n) is 6.72. The molecule has 3 N–H and O–H groups in total. The van der Waals surface area contributed by atoms with Crippen LogP contribution in [0.1, 0.15) is 33.9 Å². The summed E-state index contributed by atoms with van der Waals surface area (Å²) in [6, 6.07) is 8.38. The van der Waals surface area contributed by atoms with E-state index in [0.717, 1.165) is 22.4 Å². The smallest absolute Gasteiger partial charge is 0.244 e. The van der Waals surface area contributed by atoms with Gasteiger partial charge in [-0.1, -0.05) is 23.8 Å². The fourth-order valence-electron chi connectivity index (χ4n) is 2.86. The molecular formula is C16H16N4O. The first-order valence-corrected chi connectivity index (χ1v) is 6.72. The molecule has 1 aliphatic rings. The Morgan fingerprint density at radius 1 is 1.33 bits per heavy atom. The minimum atomic E-state index is -0.238. The zero-order valence-corrected chi connectivity index (χ0v) is 12.2. The lowest BCUT2D eigenvalue weighted by molar-refractivity contribution is 0.378. The van der Waals surface area contributed by atoms with Gasteiger partial charge >= 0.3 is 0 Å². The molecule has 1 atom stereocenters. The van der Waals surface area contributed by atoms with Gasteiger partial charge < -0.3 is 10.5 Å². The van der Waals surface area contributed by atoms with E-state index in [1.807, 2.05) is 32.9 Å². The Morgan fingerprint density at radius 2 is 2.10 bits per heavy atom. The molecule has 0 fully saturated rings. The second-order valence-electron chi connectivity index (χ2n) is 5.35. The highest BCUT2D eigenvalue weighted by Gasteiger charge is 2.34. The van der Waals surface area contributed by atoms with E-state index in [-0.39, 0.29) is 11.8 Å². The van der Waals surface area contributed by atoms with Crippen molar-refractivity contribution in [3.05, 3.63) is 57.6 Å². The van der Waals surface area contributed by atoms with E-state index in [2.05, 4.69) is 22.3 Å². The molecule has 3 rings (SSSR count). The summed E-state index contributed by atoms with van der Waals surface area (Å²) in [5.74, 6) is 0.341. The van der Waals surface area contributed by atoms with Crippen molar-refractivity contribution in [2.75, 3.05) is 0 Å². The third-order valence-electron chi connectivity index (χ3n) is 3.87. The minimum Gasteiger partial charge on any atom is -0.420 e. The molecule has 106 valence electrons. The van der Waals surface area contributed by atoms with Gasteiger partial charge in [0.25, 0.3) is 0 Å². The third-order valence-corrected chi connectivity index (χ3v) is 3.87. The number of aryl methyl sites for hydroxylation is 3. The number of benzene rings is 1. The van der Waals surface area contributed by atoms with Crippen molar-refractivity contribution in [2.24, 2.45) is 5.73 Å². The highest BCUT2D eigenvalue weighted by atomic mass is 16.5. The monoisotopic (exact) mass is 280 g/mol. The molecule has 1 aromatic carbocycles. The van der Waals surface area contributed by atoms with Crippen LogP contribution >= 0.6 is 0 Å². The van der Waals surface area contributed by atoms with E-state index in [4.69, 9.17) is 10.5 Å². The van der Waals surface area contributed by atoms with Gasteiger partial charge in [0.05, 0.1) is 5.92 Å². The standard InChI is InChI=1S/C16H16N4O/c1-8-4-5-11(9(2)6-8)14-12(7-17)15(18)21-16-13(14)10(3)19-20-16/h4-6,14H,18H2,1-3H3,(H,19,20)/t14-/m0/s1. The summed E-state index contributed by atoms with van der Waals surface area (Å²) >= 11 is 0. The summed E-state index contributed by atoms with van der Waals surface area (Å²) in [4.78, 5) is 0. The highest BCUT2D eigenvalue weighted by Crippen LogP contribution is 2.43. The summed E-state index contributed by atoms with van der Waals surface area (Å²) < 4.78 is 5.46. The summed E-state index contributed by atoms with van der Waals surface area (Å²) in [7, 11) is 0. The predicted molar refractivity (Wildman–Crippen MR) is 78.5 cm³/mol. The predicted octanol–water partition coefficient (Wildman–Crippen LogP) is 2.55. The molecule has 0 aliphatic carbocycles. The lowest BCUT2D eigenvalue weighted by Gasteiger charge is -2.25. The summed E-state index contributed by atoms with van der Waals surface area (Å²) in [5, 5.41) is 16.5. The van der Waals surface area contributed by atoms with Crippen molar-refractivity contribution in [1.82, 2.24) is 10.2 Å². The normalized spacial score (nSPS) is 17.1. The molecule has 5 nitrogen and oxygen atoms in total. The van der Waals surface area contributed by atoms with Gasteiger partial charge in [0.1, 0.15) is 11.6 Å². The van der Waals surface area contributed by atoms with E-state index in [0.29, 0.717) is 11.5 Å². The van der Waals surface area contributed by atoms with Crippen molar-refractivity contribution >= 4 is 0 Å². The Hall–Kier alpha value is -2.74. The van der Waals surface area contributed by atoms with E-state index >= 15 is 0 Å². The van der Waals surface area contributed by atoms with Crippen LogP contribution in [0.25, 0.3) is 0 Å². The minimum absolute atomic E-state index is 0.126. The quantitative estimate of drug-likeness (QED) is 0.840. The molecule has 1 aromatic heterocycles. The maximum absolute atomic E-state index is 9.49. The fourth-order valence-corrected chi connectivity index (χ4v) is 2.86. The van der Waals surface area contributed by atoms with Crippen LogP contribution in [0.5, 0.6) is 5.88 Å². The fraction of sp³-hybridized carbons (Fsp3) is 0.250. The molecule has 0 radical (unpaired) electrons. The molecule has 2 aromatic rings. The zero-order valence-electron chi connectivity index (χ0n) is 12.2. The van der Waals surface area contributed by atoms with Crippen LogP contribution in [-0.2, 0) is 0 Å². The van der Waals surface area contributed by atoms with Gasteiger partial charge in [-0.3, -0.25) is 5.10 Å². The number of nitrogens with zero attached hydrogens (tertiary/aromatic N) is 2. The number of hydrogen-bond acceptors (Lipinski definition) is 4. The first kappa shape index (κ1) is 13.3. The van der Waals surface area contributed by atoms with Gasteiger partial charge in [-0.2, -0.15) is 5.26 Å². The summed E-state index contributed by atoms with van der Waals surface area (Å²) in [6.45, 7) is 6.00. The largest absolute Gasteiger partial charge is 0.420 e. The van der Waals surface area contributed by atoms with Crippen molar-refractivity contribution in [3.8, 4) is 11.9 Å². The summed E-state index contributed by atoms with van der Waals surface area (Å²) in [6.07, 6.45) is 0. The SMILES string of the molecule is Cc1ccc([C@H]2C(C#N)=C(N)Oc3n[nH]c(C)c32)c(C)c1. The van der Waals surface area contributed by atoms with Gasteiger partial charge in [0, 0.05) is 11.3 Å². The Balaban J connectivity index is 2.27. The van der Waals surface area contributed by atoms with Gasteiger partial charge in [-0.05, 0) is 31.9 Å². The average Bonchev–Trinajstić information content (AvgIpc) is 2.79. The molecule has 0 unspecified atom stereocenters. The Morgan fingerprint density at radius 3 is 2.76 bits per heavy atom. The maximum atomic E-state index is 9.49. The molecule has 5 heteroatoms. The van der Waals surface area contributed by atoms with E-state index < -0.39 is 0 Å². The molecule has 2 heterocycles. The van der Waals surface area contributed by atoms with Crippen LogP contribution < -0.4 is 10.5 Å². The zero-order chi connectivity index (χ0) is 15.1. The number of nitriles is 1. The number of aromatic nitrogens is 2. The van der Waals surface area contributed by atoms with Gasteiger partial charge in [-0.25, -0.2) is 0 Å². The lowest BCUT2D eigenvalue weighted by Crippen LogP contribution is -2.21. The van der Waals surface area contributed by atoms with Gasteiger partial charge in [0.15, 0.2) is 0 Å². The molecule has 0 spiro atoms.